The van der Waals surface area contributed by atoms with Gasteiger partial charge in [-0.15, -0.1) is 5.10 Å². The smallest absolute Gasteiger partial charge is 0.325 e. The summed E-state index contributed by atoms with van der Waals surface area (Å²) >= 11 is 0. The molecule has 1 heterocycles. The molecule has 1 rings (SSSR count). The molecule has 3 N–H and O–H groups in total. The fourth-order valence-corrected chi connectivity index (χ4v) is 1.85. The lowest BCUT2D eigenvalue weighted by atomic mass is 10.1. The molecule has 0 aliphatic rings. The number of rotatable bonds is 7. The zero-order valence-corrected chi connectivity index (χ0v) is 12.0. The van der Waals surface area contributed by atoms with Crippen LogP contribution in [0.25, 0.3) is 0 Å². The number of carbonyl (C=O) groups excluding carboxylic acids is 1. The highest BCUT2D eigenvalue weighted by atomic mass is 16.4. The molecule has 0 saturated heterocycles. The molecular weight excluding hydrogens is 262 g/mol. The Morgan fingerprint density at radius 2 is 2.10 bits per heavy atom. The second kappa shape index (κ2) is 7.46. The highest BCUT2D eigenvalue weighted by molar-refractivity contribution is 5.74. The third-order valence-electron chi connectivity index (χ3n) is 2.52. The molecule has 20 heavy (non-hydrogen) atoms. The summed E-state index contributed by atoms with van der Waals surface area (Å²) in [6.45, 7) is 6.10. The van der Waals surface area contributed by atoms with Crippen molar-refractivity contribution in [1.29, 1.82) is 0 Å². The van der Waals surface area contributed by atoms with E-state index in [9.17, 15) is 9.59 Å². The van der Waals surface area contributed by atoms with Gasteiger partial charge in [0.05, 0.1) is 12.7 Å². The molecular formula is C12H21N5O3. The maximum absolute atomic E-state index is 11.6. The van der Waals surface area contributed by atoms with Crippen LogP contribution in [0.15, 0.2) is 6.20 Å². The van der Waals surface area contributed by atoms with E-state index in [0.29, 0.717) is 11.6 Å². The van der Waals surface area contributed by atoms with Gasteiger partial charge in [0.1, 0.15) is 12.2 Å². The molecule has 0 aliphatic carbocycles. The molecule has 0 aromatic carbocycles. The highest BCUT2D eigenvalue weighted by Crippen LogP contribution is 2.03. The highest BCUT2D eigenvalue weighted by Gasteiger charge is 2.10. The van der Waals surface area contributed by atoms with Crippen molar-refractivity contribution in [2.24, 2.45) is 5.92 Å². The summed E-state index contributed by atoms with van der Waals surface area (Å²) in [6, 6.07) is -0.177. The van der Waals surface area contributed by atoms with E-state index in [0.717, 1.165) is 6.42 Å². The van der Waals surface area contributed by atoms with E-state index >= 15 is 0 Å². The van der Waals surface area contributed by atoms with E-state index in [2.05, 4.69) is 34.8 Å². The summed E-state index contributed by atoms with van der Waals surface area (Å²) in [7, 11) is 0. The lowest BCUT2D eigenvalue weighted by Gasteiger charge is -2.16. The Hall–Kier alpha value is -2.12. The summed E-state index contributed by atoms with van der Waals surface area (Å²) in [5.74, 6) is -0.476. The zero-order chi connectivity index (χ0) is 15.1. The van der Waals surface area contributed by atoms with Gasteiger partial charge in [0, 0.05) is 6.04 Å². The Labute approximate surface area is 117 Å². The van der Waals surface area contributed by atoms with Crippen molar-refractivity contribution in [3.63, 3.8) is 0 Å². The summed E-state index contributed by atoms with van der Waals surface area (Å²) in [4.78, 5) is 22.1. The van der Waals surface area contributed by atoms with Crippen LogP contribution in [0.1, 0.15) is 32.9 Å². The molecule has 0 fully saturated rings. The average molecular weight is 283 g/mol. The maximum atomic E-state index is 11.6. The van der Waals surface area contributed by atoms with Crippen LogP contribution in [0.4, 0.5) is 4.79 Å². The van der Waals surface area contributed by atoms with Crippen LogP contribution in [-0.4, -0.2) is 38.1 Å². The largest absolute Gasteiger partial charge is 0.480 e. The number of hydrogen-bond donors (Lipinski definition) is 3. The van der Waals surface area contributed by atoms with Crippen LogP contribution < -0.4 is 10.6 Å². The first-order valence-corrected chi connectivity index (χ1v) is 6.52. The fourth-order valence-electron chi connectivity index (χ4n) is 1.85. The van der Waals surface area contributed by atoms with Gasteiger partial charge >= 0.3 is 12.0 Å². The average Bonchev–Trinajstić information content (AvgIpc) is 2.71. The number of aromatic nitrogens is 3. The number of amides is 2. The second-order valence-electron chi connectivity index (χ2n) is 5.16. The predicted octanol–water partition coefficient (Wildman–Crippen LogP) is 0.596. The van der Waals surface area contributed by atoms with Crippen molar-refractivity contribution in [2.75, 3.05) is 0 Å². The van der Waals surface area contributed by atoms with Crippen LogP contribution in [0, 0.1) is 5.92 Å². The number of nitrogens with one attached hydrogen (secondary N) is 2. The first-order chi connectivity index (χ1) is 9.36. The third kappa shape index (κ3) is 6.17. The Kier molecular flexibility index (Phi) is 5.95. The number of carbonyl (C=O) groups is 2. The minimum atomic E-state index is -0.991. The molecule has 0 radical (unpaired) electrons. The first-order valence-electron chi connectivity index (χ1n) is 6.52. The molecule has 0 saturated carbocycles. The summed E-state index contributed by atoms with van der Waals surface area (Å²) in [6.07, 6.45) is 2.40. The third-order valence-corrected chi connectivity index (χ3v) is 2.52. The fraction of sp³-hybridized carbons (Fsp3) is 0.667. The van der Waals surface area contributed by atoms with E-state index in [4.69, 9.17) is 5.11 Å². The van der Waals surface area contributed by atoms with Crippen molar-refractivity contribution >= 4 is 12.0 Å². The van der Waals surface area contributed by atoms with Crippen molar-refractivity contribution in [3.05, 3.63) is 11.9 Å². The number of nitrogens with zero attached hydrogens (tertiary/aromatic N) is 3. The van der Waals surface area contributed by atoms with Gasteiger partial charge in [0.2, 0.25) is 0 Å². The van der Waals surface area contributed by atoms with Crippen molar-refractivity contribution in [3.8, 4) is 0 Å². The Bertz CT molecular complexity index is 458. The Morgan fingerprint density at radius 1 is 1.40 bits per heavy atom. The molecule has 8 nitrogen and oxygen atoms in total. The van der Waals surface area contributed by atoms with E-state index in [-0.39, 0.29) is 25.2 Å². The molecule has 2 amide bonds. The Morgan fingerprint density at radius 3 is 2.70 bits per heavy atom. The SMILES string of the molecule is CC(C)CC(C)NC(=O)NCc1cn(CC(=O)O)nn1. The van der Waals surface area contributed by atoms with Gasteiger partial charge in [-0.2, -0.15) is 0 Å². The number of hydrogen-bond acceptors (Lipinski definition) is 4. The minimum Gasteiger partial charge on any atom is -0.480 e. The quantitative estimate of drug-likeness (QED) is 0.678. The monoisotopic (exact) mass is 283 g/mol. The summed E-state index contributed by atoms with van der Waals surface area (Å²) in [5, 5.41) is 21.5. The van der Waals surface area contributed by atoms with Crippen molar-refractivity contribution < 1.29 is 14.7 Å². The van der Waals surface area contributed by atoms with Gasteiger partial charge in [-0.3, -0.25) is 4.79 Å². The topological polar surface area (TPSA) is 109 Å². The number of carboxylic acid groups (broad SMARTS) is 1. The molecule has 112 valence electrons. The van der Waals surface area contributed by atoms with Crippen LogP contribution >= 0.6 is 0 Å². The van der Waals surface area contributed by atoms with Crippen LogP contribution in [-0.2, 0) is 17.9 Å². The maximum Gasteiger partial charge on any atom is 0.325 e. The van der Waals surface area contributed by atoms with Crippen LogP contribution in [0.5, 0.6) is 0 Å². The van der Waals surface area contributed by atoms with Crippen molar-refractivity contribution in [1.82, 2.24) is 25.6 Å². The molecule has 1 unspecified atom stereocenters. The van der Waals surface area contributed by atoms with Gasteiger partial charge in [-0.1, -0.05) is 19.1 Å². The number of carboxylic acids is 1. The molecule has 8 heteroatoms. The molecule has 0 spiro atoms. The van der Waals surface area contributed by atoms with Crippen LogP contribution in [0.2, 0.25) is 0 Å². The van der Waals surface area contributed by atoms with E-state index < -0.39 is 5.97 Å². The van der Waals surface area contributed by atoms with Gasteiger partial charge in [0.25, 0.3) is 0 Å². The van der Waals surface area contributed by atoms with Gasteiger partial charge in [-0.25, -0.2) is 9.48 Å². The normalized spacial score (nSPS) is 12.2. The zero-order valence-electron chi connectivity index (χ0n) is 12.0. The van der Waals surface area contributed by atoms with Gasteiger partial charge in [-0.05, 0) is 19.3 Å². The number of urea groups is 1. The second-order valence-corrected chi connectivity index (χ2v) is 5.16. The standard InChI is InChI=1S/C12H21N5O3/c1-8(2)4-9(3)14-12(20)13-5-10-6-17(16-15-10)7-11(18)19/h6,8-9H,4-5,7H2,1-3H3,(H,18,19)(H2,13,14,20). The van der Waals surface area contributed by atoms with Gasteiger partial charge < -0.3 is 15.7 Å². The predicted molar refractivity (Wildman–Crippen MR) is 71.9 cm³/mol. The van der Waals surface area contributed by atoms with Crippen molar-refractivity contribution in [2.45, 2.75) is 46.3 Å². The van der Waals surface area contributed by atoms with E-state index in [1.807, 2.05) is 6.92 Å². The Balaban J connectivity index is 2.33. The molecule has 1 aromatic rings. The molecule has 1 aromatic heterocycles. The molecule has 0 aliphatic heterocycles. The van der Waals surface area contributed by atoms with Crippen LogP contribution in [0.3, 0.4) is 0 Å². The summed E-state index contributed by atoms with van der Waals surface area (Å²) in [5.41, 5.74) is 0.512. The van der Waals surface area contributed by atoms with E-state index in [1.54, 1.807) is 0 Å². The lowest BCUT2D eigenvalue weighted by molar-refractivity contribution is -0.137. The lowest BCUT2D eigenvalue weighted by Crippen LogP contribution is -2.40. The minimum absolute atomic E-state index is 0.0951. The van der Waals surface area contributed by atoms with E-state index in [1.165, 1.54) is 10.9 Å². The van der Waals surface area contributed by atoms with Gasteiger partial charge in [0.15, 0.2) is 0 Å². The first kappa shape index (κ1) is 15.9. The molecule has 0 bridgehead atoms. The summed E-state index contributed by atoms with van der Waals surface area (Å²) < 4.78 is 1.21. The number of aliphatic carboxylic acids is 1. The molecule has 1 atom stereocenters.